The van der Waals surface area contributed by atoms with E-state index in [0.717, 1.165) is 16.7 Å². The molecule has 1 N–H and O–H groups in total. The van der Waals surface area contributed by atoms with E-state index in [1.54, 1.807) is 26.6 Å². The standard InChI is InChI=1S/C24H26N2O3/c1-16-7-9-19(12-17(16)2)24(20-6-5-11-25-15-20)26-23(27)14-18-8-10-21(28-3)22(13-18)29-4/h5-13,15,24H,14H2,1-4H3,(H,26,27). The molecule has 1 aromatic heterocycles. The van der Waals surface area contributed by atoms with Crippen LogP contribution in [-0.2, 0) is 11.2 Å². The molecule has 0 bridgehead atoms. The number of pyridine rings is 1. The summed E-state index contributed by atoms with van der Waals surface area (Å²) in [5.41, 5.74) is 5.23. The van der Waals surface area contributed by atoms with Gasteiger partial charge in [0.2, 0.25) is 5.91 Å². The quantitative estimate of drug-likeness (QED) is 0.658. The summed E-state index contributed by atoms with van der Waals surface area (Å²) in [6.45, 7) is 4.15. The van der Waals surface area contributed by atoms with E-state index in [-0.39, 0.29) is 18.4 Å². The monoisotopic (exact) mass is 390 g/mol. The van der Waals surface area contributed by atoms with Crippen molar-refractivity contribution in [2.75, 3.05) is 14.2 Å². The van der Waals surface area contributed by atoms with Gasteiger partial charge < -0.3 is 14.8 Å². The Morgan fingerprint density at radius 1 is 0.966 bits per heavy atom. The van der Waals surface area contributed by atoms with E-state index in [4.69, 9.17) is 9.47 Å². The van der Waals surface area contributed by atoms with E-state index >= 15 is 0 Å². The fourth-order valence-corrected chi connectivity index (χ4v) is 3.24. The van der Waals surface area contributed by atoms with Gasteiger partial charge >= 0.3 is 0 Å². The van der Waals surface area contributed by atoms with Crippen LogP contribution in [0.3, 0.4) is 0 Å². The van der Waals surface area contributed by atoms with Crippen LogP contribution in [0, 0.1) is 13.8 Å². The molecule has 2 aromatic carbocycles. The number of nitrogens with zero attached hydrogens (tertiary/aromatic N) is 1. The van der Waals surface area contributed by atoms with Crippen molar-refractivity contribution < 1.29 is 14.3 Å². The summed E-state index contributed by atoms with van der Waals surface area (Å²) in [6, 6.07) is 15.3. The van der Waals surface area contributed by atoms with Crippen molar-refractivity contribution in [3.63, 3.8) is 0 Å². The molecule has 0 saturated carbocycles. The maximum absolute atomic E-state index is 12.9. The van der Waals surface area contributed by atoms with Crippen LogP contribution in [0.25, 0.3) is 0 Å². The number of ether oxygens (including phenoxy) is 2. The molecular formula is C24H26N2O3. The maximum Gasteiger partial charge on any atom is 0.225 e. The van der Waals surface area contributed by atoms with Gasteiger partial charge in [-0.1, -0.05) is 30.3 Å². The first-order valence-corrected chi connectivity index (χ1v) is 9.49. The Labute approximate surface area is 171 Å². The van der Waals surface area contributed by atoms with Crippen molar-refractivity contribution in [1.82, 2.24) is 10.3 Å². The zero-order valence-electron chi connectivity index (χ0n) is 17.2. The predicted octanol–water partition coefficient (Wildman–Crippen LogP) is 4.16. The Bertz CT molecular complexity index is 987. The molecule has 1 amide bonds. The average Bonchev–Trinajstić information content (AvgIpc) is 2.74. The molecule has 1 unspecified atom stereocenters. The molecular weight excluding hydrogens is 364 g/mol. The molecule has 3 rings (SSSR count). The van der Waals surface area contributed by atoms with Crippen LogP contribution in [0.2, 0.25) is 0 Å². The molecule has 0 aliphatic heterocycles. The first-order chi connectivity index (χ1) is 14.0. The molecule has 150 valence electrons. The van der Waals surface area contributed by atoms with Crippen molar-refractivity contribution in [3.8, 4) is 11.5 Å². The summed E-state index contributed by atoms with van der Waals surface area (Å²) in [4.78, 5) is 17.1. The third-order valence-electron chi connectivity index (χ3n) is 5.00. The second-order valence-corrected chi connectivity index (χ2v) is 7.00. The fraction of sp³-hybridized carbons (Fsp3) is 0.250. The zero-order valence-corrected chi connectivity index (χ0v) is 17.2. The number of aromatic nitrogens is 1. The van der Waals surface area contributed by atoms with Crippen molar-refractivity contribution in [1.29, 1.82) is 0 Å². The maximum atomic E-state index is 12.9. The number of rotatable bonds is 7. The smallest absolute Gasteiger partial charge is 0.225 e. The second-order valence-electron chi connectivity index (χ2n) is 7.00. The van der Waals surface area contributed by atoms with Gasteiger partial charge in [-0.05, 0) is 59.9 Å². The summed E-state index contributed by atoms with van der Waals surface area (Å²) < 4.78 is 10.6. The average molecular weight is 390 g/mol. The van der Waals surface area contributed by atoms with E-state index in [1.807, 2.05) is 30.3 Å². The molecule has 29 heavy (non-hydrogen) atoms. The molecule has 5 nitrogen and oxygen atoms in total. The van der Waals surface area contributed by atoms with Gasteiger partial charge in [-0.25, -0.2) is 0 Å². The number of hydrogen-bond donors (Lipinski definition) is 1. The summed E-state index contributed by atoms with van der Waals surface area (Å²) in [7, 11) is 3.17. The topological polar surface area (TPSA) is 60.5 Å². The molecule has 3 aromatic rings. The lowest BCUT2D eigenvalue weighted by Gasteiger charge is -2.21. The summed E-state index contributed by atoms with van der Waals surface area (Å²) in [5.74, 6) is 1.17. The number of methoxy groups -OCH3 is 2. The molecule has 0 spiro atoms. The van der Waals surface area contributed by atoms with E-state index in [1.165, 1.54) is 11.1 Å². The van der Waals surface area contributed by atoms with Gasteiger partial charge in [0.1, 0.15) is 0 Å². The van der Waals surface area contributed by atoms with E-state index < -0.39 is 0 Å². The molecule has 0 saturated heterocycles. The lowest BCUT2D eigenvalue weighted by atomic mass is 9.96. The van der Waals surface area contributed by atoms with E-state index in [9.17, 15) is 4.79 Å². The molecule has 1 heterocycles. The number of carbonyl (C=O) groups excluding carboxylic acids is 1. The normalized spacial score (nSPS) is 11.6. The summed E-state index contributed by atoms with van der Waals surface area (Å²) >= 11 is 0. The number of nitrogens with one attached hydrogen (secondary N) is 1. The van der Waals surface area contributed by atoms with Gasteiger partial charge in [0.25, 0.3) is 0 Å². The van der Waals surface area contributed by atoms with Gasteiger partial charge in [-0.2, -0.15) is 0 Å². The molecule has 0 aliphatic carbocycles. The van der Waals surface area contributed by atoms with Gasteiger partial charge in [-0.3, -0.25) is 9.78 Å². The molecule has 0 radical (unpaired) electrons. The second kappa shape index (κ2) is 9.24. The lowest BCUT2D eigenvalue weighted by Crippen LogP contribution is -2.30. The Hall–Kier alpha value is -3.34. The Balaban J connectivity index is 1.84. The van der Waals surface area contributed by atoms with Crippen molar-refractivity contribution in [2.24, 2.45) is 0 Å². The van der Waals surface area contributed by atoms with Crippen LogP contribution in [-0.4, -0.2) is 25.1 Å². The number of aryl methyl sites for hydroxylation is 2. The first kappa shape index (κ1) is 20.4. The lowest BCUT2D eigenvalue weighted by molar-refractivity contribution is -0.120. The molecule has 0 aliphatic rings. The highest BCUT2D eigenvalue weighted by molar-refractivity contribution is 5.79. The largest absolute Gasteiger partial charge is 0.493 e. The van der Waals surface area contributed by atoms with Crippen LogP contribution in [0.4, 0.5) is 0 Å². The molecule has 5 heteroatoms. The fourth-order valence-electron chi connectivity index (χ4n) is 3.24. The van der Waals surface area contributed by atoms with Gasteiger partial charge in [0.05, 0.1) is 26.7 Å². The van der Waals surface area contributed by atoms with Gasteiger partial charge in [0, 0.05) is 12.4 Å². The minimum absolute atomic E-state index is 0.0794. The molecule has 0 fully saturated rings. The van der Waals surface area contributed by atoms with Crippen LogP contribution in [0.1, 0.15) is 33.9 Å². The SMILES string of the molecule is COc1ccc(CC(=O)NC(c2cccnc2)c2ccc(C)c(C)c2)cc1OC. The number of carbonyl (C=O) groups is 1. The van der Waals surface area contributed by atoms with Crippen molar-refractivity contribution in [2.45, 2.75) is 26.3 Å². The van der Waals surface area contributed by atoms with Gasteiger partial charge in [-0.15, -0.1) is 0 Å². The summed E-state index contributed by atoms with van der Waals surface area (Å²) in [6.07, 6.45) is 3.75. The van der Waals surface area contributed by atoms with Crippen LogP contribution < -0.4 is 14.8 Å². The minimum Gasteiger partial charge on any atom is -0.493 e. The molecule has 1 atom stereocenters. The number of amides is 1. The van der Waals surface area contributed by atoms with Crippen molar-refractivity contribution >= 4 is 5.91 Å². The Kier molecular flexibility index (Phi) is 6.50. The number of benzene rings is 2. The highest BCUT2D eigenvalue weighted by Gasteiger charge is 2.18. The highest BCUT2D eigenvalue weighted by atomic mass is 16.5. The minimum atomic E-state index is -0.268. The van der Waals surface area contributed by atoms with Crippen LogP contribution in [0.5, 0.6) is 11.5 Å². The highest BCUT2D eigenvalue weighted by Crippen LogP contribution is 2.28. The number of hydrogen-bond acceptors (Lipinski definition) is 4. The van der Waals surface area contributed by atoms with E-state index in [0.29, 0.717) is 11.5 Å². The Morgan fingerprint density at radius 2 is 1.76 bits per heavy atom. The predicted molar refractivity (Wildman–Crippen MR) is 113 cm³/mol. The van der Waals surface area contributed by atoms with Crippen LogP contribution in [0.15, 0.2) is 60.9 Å². The third-order valence-corrected chi connectivity index (χ3v) is 5.00. The zero-order chi connectivity index (χ0) is 20.8. The van der Waals surface area contributed by atoms with Crippen LogP contribution >= 0.6 is 0 Å². The first-order valence-electron chi connectivity index (χ1n) is 9.49. The van der Waals surface area contributed by atoms with Crippen molar-refractivity contribution in [3.05, 3.63) is 88.7 Å². The van der Waals surface area contributed by atoms with Gasteiger partial charge in [0.15, 0.2) is 11.5 Å². The Morgan fingerprint density at radius 3 is 2.41 bits per heavy atom. The summed E-state index contributed by atoms with van der Waals surface area (Å²) in [5, 5.41) is 3.16. The third kappa shape index (κ3) is 4.93. The van der Waals surface area contributed by atoms with E-state index in [2.05, 4.69) is 42.3 Å².